The summed E-state index contributed by atoms with van der Waals surface area (Å²) in [5, 5.41) is 7.02. The molecule has 0 aromatic heterocycles. The Bertz CT molecular complexity index is 652. The number of hydrogen-bond acceptors (Lipinski definition) is 4. The van der Waals surface area contributed by atoms with Gasteiger partial charge in [0.25, 0.3) is 0 Å². The van der Waals surface area contributed by atoms with Gasteiger partial charge in [-0.15, -0.1) is 0 Å². The molecule has 6 heteroatoms. The van der Waals surface area contributed by atoms with Crippen LogP contribution in [0.25, 0.3) is 0 Å². The van der Waals surface area contributed by atoms with Gasteiger partial charge >= 0.3 is 0 Å². The second kappa shape index (κ2) is 10.1. The highest BCUT2D eigenvalue weighted by Crippen LogP contribution is 2.25. The second-order valence-corrected chi connectivity index (χ2v) is 8.32. The number of piperazine rings is 1. The summed E-state index contributed by atoms with van der Waals surface area (Å²) in [6.07, 6.45) is 2.02. The molecule has 1 saturated heterocycles. The van der Waals surface area contributed by atoms with Gasteiger partial charge in [0.15, 0.2) is 5.96 Å². The maximum Gasteiger partial charge on any atom is 0.191 e. The number of aliphatic imine (C=N–C) groups is 1. The smallest absolute Gasteiger partial charge is 0.191 e. The first-order valence-electron chi connectivity index (χ1n) is 10.7. The van der Waals surface area contributed by atoms with E-state index in [0.29, 0.717) is 12.0 Å². The summed E-state index contributed by atoms with van der Waals surface area (Å²) in [7, 11) is 4.06. The molecule has 2 aliphatic heterocycles. The normalized spacial score (nSPS) is 19.4. The van der Waals surface area contributed by atoms with Crippen LogP contribution < -0.4 is 15.4 Å². The molecule has 0 bridgehead atoms. The maximum atomic E-state index is 5.59. The van der Waals surface area contributed by atoms with E-state index in [2.05, 4.69) is 64.5 Å². The molecule has 2 aliphatic rings. The molecule has 0 spiro atoms. The lowest BCUT2D eigenvalue weighted by atomic mass is 10.0. The van der Waals surface area contributed by atoms with Crippen LogP contribution in [0.1, 0.15) is 25.0 Å². The zero-order valence-electron chi connectivity index (χ0n) is 18.0. The second-order valence-electron chi connectivity index (χ2n) is 8.32. The Balaban J connectivity index is 1.44. The van der Waals surface area contributed by atoms with Gasteiger partial charge < -0.3 is 20.3 Å². The molecule has 6 nitrogen and oxygen atoms in total. The van der Waals surface area contributed by atoms with E-state index >= 15 is 0 Å². The molecule has 0 amide bonds. The van der Waals surface area contributed by atoms with Crippen molar-refractivity contribution in [1.29, 1.82) is 0 Å². The first-order chi connectivity index (χ1) is 13.6. The zero-order chi connectivity index (χ0) is 19.9. The van der Waals surface area contributed by atoms with Crippen molar-refractivity contribution in [3.63, 3.8) is 0 Å². The number of ether oxygens (including phenoxy) is 1. The molecule has 156 valence electrons. The van der Waals surface area contributed by atoms with Gasteiger partial charge in [-0.1, -0.05) is 26.0 Å². The van der Waals surface area contributed by atoms with Gasteiger partial charge in [-0.3, -0.25) is 9.89 Å². The Morgan fingerprint density at radius 3 is 2.68 bits per heavy atom. The average molecular weight is 388 g/mol. The third-order valence-corrected chi connectivity index (χ3v) is 5.94. The number of nitrogens with zero attached hydrogens (tertiary/aromatic N) is 3. The van der Waals surface area contributed by atoms with E-state index in [1.165, 1.54) is 11.1 Å². The topological polar surface area (TPSA) is 52.1 Å². The Kier molecular flexibility index (Phi) is 7.57. The fourth-order valence-electron chi connectivity index (χ4n) is 4.08. The summed E-state index contributed by atoms with van der Waals surface area (Å²) in [5.41, 5.74) is 2.69. The molecular weight excluding hydrogens is 350 g/mol. The van der Waals surface area contributed by atoms with Crippen molar-refractivity contribution in [2.24, 2.45) is 10.9 Å². The zero-order valence-corrected chi connectivity index (χ0v) is 18.0. The van der Waals surface area contributed by atoms with E-state index in [1.54, 1.807) is 0 Å². The monoisotopic (exact) mass is 387 g/mol. The highest BCUT2D eigenvalue weighted by atomic mass is 16.5. The highest BCUT2D eigenvalue weighted by molar-refractivity contribution is 5.79. The van der Waals surface area contributed by atoms with Gasteiger partial charge in [0, 0.05) is 58.8 Å². The standard InChI is InChI=1S/C22H37N5O/c1-17(2)20(27-12-10-26(4)11-13-27)16-25-22(23-3)24-9-7-18-5-6-21-19(15-18)8-14-28-21/h5-6,15,17,20H,7-14,16H2,1-4H3,(H2,23,24,25). The fourth-order valence-corrected chi connectivity index (χ4v) is 4.08. The van der Waals surface area contributed by atoms with Crippen molar-refractivity contribution in [1.82, 2.24) is 20.4 Å². The van der Waals surface area contributed by atoms with Gasteiger partial charge in [-0.25, -0.2) is 0 Å². The molecule has 1 unspecified atom stereocenters. The van der Waals surface area contributed by atoms with Crippen LogP contribution in [0, 0.1) is 5.92 Å². The molecule has 2 N–H and O–H groups in total. The summed E-state index contributed by atoms with van der Waals surface area (Å²) in [6.45, 7) is 11.9. The van der Waals surface area contributed by atoms with Crippen molar-refractivity contribution in [2.75, 3.05) is 60.0 Å². The minimum absolute atomic E-state index is 0.531. The number of rotatable bonds is 7. The Hall–Kier alpha value is -1.79. The van der Waals surface area contributed by atoms with E-state index in [9.17, 15) is 0 Å². The molecule has 1 aromatic rings. The van der Waals surface area contributed by atoms with Crippen molar-refractivity contribution in [3.8, 4) is 5.75 Å². The Morgan fingerprint density at radius 1 is 1.18 bits per heavy atom. The summed E-state index contributed by atoms with van der Waals surface area (Å²) >= 11 is 0. The molecule has 1 atom stereocenters. The maximum absolute atomic E-state index is 5.59. The van der Waals surface area contributed by atoms with Crippen LogP contribution in [0.2, 0.25) is 0 Å². The molecule has 0 radical (unpaired) electrons. The number of fused-ring (bicyclic) bond motifs is 1. The number of nitrogens with one attached hydrogen (secondary N) is 2. The minimum atomic E-state index is 0.531. The molecule has 0 aliphatic carbocycles. The van der Waals surface area contributed by atoms with E-state index in [4.69, 9.17) is 4.74 Å². The predicted molar refractivity (Wildman–Crippen MR) is 116 cm³/mol. The summed E-state index contributed by atoms with van der Waals surface area (Å²) in [5.74, 6) is 2.56. The van der Waals surface area contributed by atoms with E-state index in [0.717, 1.165) is 70.4 Å². The van der Waals surface area contributed by atoms with Crippen LogP contribution >= 0.6 is 0 Å². The van der Waals surface area contributed by atoms with E-state index in [1.807, 2.05) is 7.05 Å². The summed E-state index contributed by atoms with van der Waals surface area (Å²) in [4.78, 5) is 9.45. The largest absolute Gasteiger partial charge is 0.493 e. The van der Waals surface area contributed by atoms with E-state index in [-0.39, 0.29) is 0 Å². The molecule has 3 rings (SSSR count). The number of hydrogen-bond donors (Lipinski definition) is 2. The molecule has 1 aromatic carbocycles. The predicted octanol–water partition coefficient (Wildman–Crippen LogP) is 1.60. The van der Waals surface area contributed by atoms with Crippen molar-refractivity contribution >= 4 is 5.96 Å². The van der Waals surface area contributed by atoms with Gasteiger partial charge in [0.2, 0.25) is 0 Å². The van der Waals surface area contributed by atoms with Crippen LogP contribution in [0.4, 0.5) is 0 Å². The van der Waals surface area contributed by atoms with E-state index < -0.39 is 0 Å². The van der Waals surface area contributed by atoms with Gasteiger partial charge in [-0.2, -0.15) is 0 Å². The van der Waals surface area contributed by atoms with Crippen LogP contribution in [0.15, 0.2) is 23.2 Å². The number of likely N-dealkylation sites (N-methyl/N-ethyl adjacent to an activating group) is 1. The lowest BCUT2D eigenvalue weighted by molar-refractivity contribution is 0.0900. The lowest BCUT2D eigenvalue weighted by Crippen LogP contribution is -2.55. The third-order valence-electron chi connectivity index (χ3n) is 5.94. The van der Waals surface area contributed by atoms with Gasteiger partial charge in [-0.05, 0) is 36.6 Å². The fraction of sp³-hybridized carbons (Fsp3) is 0.682. The van der Waals surface area contributed by atoms with Crippen molar-refractivity contribution < 1.29 is 4.74 Å². The third kappa shape index (κ3) is 5.61. The summed E-state index contributed by atoms with van der Waals surface area (Å²) in [6, 6.07) is 7.09. The quantitative estimate of drug-likeness (QED) is 0.550. The molecule has 0 saturated carbocycles. The molecular formula is C22H37N5O. The van der Waals surface area contributed by atoms with Crippen molar-refractivity contribution in [2.45, 2.75) is 32.7 Å². The first kappa shape index (κ1) is 20.9. The van der Waals surface area contributed by atoms with Gasteiger partial charge in [0.05, 0.1) is 6.61 Å². The van der Waals surface area contributed by atoms with Crippen LogP contribution in [-0.2, 0) is 12.8 Å². The SMILES string of the molecule is CN=C(NCCc1ccc2c(c1)CCO2)NCC(C(C)C)N1CCN(C)CC1. The molecule has 28 heavy (non-hydrogen) atoms. The van der Waals surface area contributed by atoms with Crippen molar-refractivity contribution in [3.05, 3.63) is 29.3 Å². The van der Waals surface area contributed by atoms with Crippen LogP contribution in [0.5, 0.6) is 5.75 Å². The first-order valence-corrected chi connectivity index (χ1v) is 10.7. The Morgan fingerprint density at radius 2 is 1.96 bits per heavy atom. The number of benzene rings is 1. The lowest BCUT2D eigenvalue weighted by Gasteiger charge is -2.40. The van der Waals surface area contributed by atoms with Gasteiger partial charge in [0.1, 0.15) is 5.75 Å². The van der Waals surface area contributed by atoms with Crippen LogP contribution in [-0.4, -0.2) is 81.8 Å². The summed E-state index contributed by atoms with van der Waals surface area (Å²) < 4.78 is 5.59. The Labute approximate surface area is 170 Å². The highest BCUT2D eigenvalue weighted by Gasteiger charge is 2.25. The number of guanidine groups is 1. The van der Waals surface area contributed by atoms with Crippen LogP contribution in [0.3, 0.4) is 0 Å². The minimum Gasteiger partial charge on any atom is -0.493 e. The molecule has 1 fully saturated rings. The molecule has 2 heterocycles. The average Bonchev–Trinajstić information content (AvgIpc) is 3.15.